The van der Waals surface area contributed by atoms with Crippen molar-refractivity contribution in [2.75, 3.05) is 0 Å². The topological polar surface area (TPSA) is 56.7 Å². The summed E-state index contributed by atoms with van der Waals surface area (Å²) in [5.41, 5.74) is 8.26. The molecule has 108 valence electrons. The second kappa shape index (κ2) is 4.69. The van der Waals surface area contributed by atoms with Crippen LogP contribution in [-0.4, -0.2) is 15.0 Å². The van der Waals surface area contributed by atoms with Crippen molar-refractivity contribution >= 4 is 0 Å². The van der Waals surface area contributed by atoms with Gasteiger partial charge in [0.25, 0.3) is 0 Å². The normalized spacial score (nSPS) is 38.4. The quantitative estimate of drug-likeness (QED) is 0.857. The van der Waals surface area contributed by atoms with Gasteiger partial charge in [-0.3, -0.25) is 0 Å². The molecular weight excluding hydrogens is 248 g/mol. The van der Waals surface area contributed by atoms with E-state index in [0.717, 1.165) is 35.9 Å². The van der Waals surface area contributed by atoms with Crippen molar-refractivity contribution in [3.63, 3.8) is 0 Å². The smallest absolute Gasteiger partial charge is 0.0997 e. The first-order valence-electron chi connectivity index (χ1n) is 8.03. The summed E-state index contributed by atoms with van der Waals surface area (Å²) in [6.45, 7) is 5.11. The molecule has 4 nitrogen and oxygen atoms in total. The molecule has 0 aromatic carbocycles. The van der Waals surface area contributed by atoms with Crippen molar-refractivity contribution in [2.45, 2.75) is 51.1 Å². The predicted octanol–water partition coefficient (Wildman–Crippen LogP) is 2.46. The third kappa shape index (κ3) is 1.77. The van der Waals surface area contributed by atoms with Crippen LogP contribution in [0.5, 0.6) is 0 Å². The second-order valence-electron chi connectivity index (χ2n) is 7.05. The Morgan fingerprint density at radius 3 is 2.35 bits per heavy atom. The molecular formula is C16H24N4. The minimum absolute atomic E-state index is 0.509. The maximum atomic E-state index is 5.91. The molecule has 4 heteroatoms. The van der Waals surface area contributed by atoms with E-state index in [9.17, 15) is 0 Å². The molecule has 0 amide bonds. The van der Waals surface area contributed by atoms with Gasteiger partial charge in [-0.25, -0.2) is 4.68 Å². The Morgan fingerprint density at radius 1 is 1.15 bits per heavy atom. The Hall–Kier alpha value is -1.16. The van der Waals surface area contributed by atoms with Gasteiger partial charge in [-0.2, -0.15) is 0 Å². The maximum Gasteiger partial charge on any atom is 0.0997 e. The molecule has 4 aliphatic carbocycles. The van der Waals surface area contributed by atoms with Crippen LogP contribution in [0.25, 0.3) is 0 Å². The van der Waals surface area contributed by atoms with Gasteiger partial charge in [0.05, 0.1) is 17.9 Å². The number of hydrogen-bond donors (Lipinski definition) is 1. The van der Waals surface area contributed by atoms with Gasteiger partial charge in [0.15, 0.2) is 0 Å². The first-order valence-corrected chi connectivity index (χ1v) is 8.03. The molecule has 2 N–H and O–H groups in total. The molecule has 0 radical (unpaired) electrons. The van der Waals surface area contributed by atoms with Crippen LogP contribution in [0, 0.1) is 23.7 Å². The second-order valence-corrected chi connectivity index (χ2v) is 7.05. The van der Waals surface area contributed by atoms with Crippen molar-refractivity contribution in [3.8, 4) is 0 Å². The van der Waals surface area contributed by atoms with Crippen molar-refractivity contribution in [1.29, 1.82) is 0 Å². The Bertz CT molecular complexity index is 491. The molecule has 0 aliphatic heterocycles. The number of nitrogens with two attached hydrogens (primary N) is 1. The fourth-order valence-corrected chi connectivity index (χ4v) is 5.50. The number of allylic oxidation sites excluding steroid dienone is 1. The van der Waals surface area contributed by atoms with Crippen LogP contribution in [0.1, 0.15) is 49.4 Å². The highest BCUT2D eigenvalue weighted by Crippen LogP contribution is 2.59. The van der Waals surface area contributed by atoms with Crippen LogP contribution in [0.2, 0.25) is 0 Å². The van der Waals surface area contributed by atoms with Crippen molar-refractivity contribution in [3.05, 3.63) is 24.0 Å². The van der Waals surface area contributed by atoms with Gasteiger partial charge in [-0.05, 0) is 55.8 Å². The number of nitrogens with zero attached hydrogens (tertiary/aromatic N) is 3. The molecule has 4 saturated carbocycles. The SMILES string of the molecule is C=CCn1nnc(CN)c1C1C2CC3CC(C2)CC1C3. The van der Waals surface area contributed by atoms with Crippen LogP contribution in [0.3, 0.4) is 0 Å². The molecule has 4 aliphatic rings. The Labute approximate surface area is 120 Å². The summed E-state index contributed by atoms with van der Waals surface area (Å²) in [6, 6.07) is 0. The van der Waals surface area contributed by atoms with Gasteiger partial charge in [0.1, 0.15) is 0 Å². The third-order valence-electron chi connectivity index (χ3n) is 5.89. The highest BCUT2D eigenvalue weighted by molar-refractivity contribution is 5.22. The van der Waals surface area contributed by atoms with Crippen LogP contribution in [0.15, 0.2) is 12.7 Å². The summed E-state index contributed by atoms with van der Waals surface area (Å²) in [4.78, 5) is 0. The molecule has 0 unspecified atom stereocenters. The first kappa shape index (κ1) is 12.6. The molecule has 1 heterocycles. The van der Waals surface area contributed by atoms with Gasteiger partial charge in [-0.1, -0.05) is 11.3 Å². The zero-order valence-electron chi connectivity index (χ0n) is 12.0. The average Bonchev–Trinajstić information content (AvgIpc) is 2.81. The summed E-state index contributed by atoms with van der Waals surface area (Å²) in [7, 11) is 0. The van der Waals surface area contributed by atoms with Gasteiger partial charge < -0.3 is 5.73 Å². The molecule has 4 bridgehead atoms. The molecule has 1 aromatic rings. The first-order chi connectivity index (χ1) is 9.80. The summed E-state index contributed by atoms with van der Waals surface area (Å²) in [5, 5.41) is 8.65. The maximum absolute atomic E-state index is 5.91. The lowest BCUT2D eigenvalue weighted by molar-refractivity contribution is -0.00578. The largest absolute Gasteiger partial charge is 0.325 e. The molecule has 4 fully saturated rings. The standard InChI is InChI=1S/C16H24N4/c1-2-3-20-16(14(9-17)18-19-20)15-12-5-10-4-11(7-12)8-13(15)6-10/h2,10-13,15H,1,3-9,17H2. The highest BCUT2D eigenvalue weighted by atomic mass is 15.4. The Morgan fingerprint density at radius 2 is 1.80 bits per heavy atom. The summed E-state index contributed by atoms with van der Waals surface area (Å²) < 4.78 is 2.06. The summed E-state index contributed by atoms with van der Waals surface area (Å²) >= 11 is 0. The van der Waals surface area contributed by atoms with Crippen LogP contribution in [-0.2, 0) is 13.1 Å². The Kier molecular flexibility index (Phi) is 2.95. The van der Waals surface area contributed by atoms with Crippen molar-refractivity contribution in [2.24, 2.45) is 29.4 Å². The number of rotatable bonds is 4. The zero-order chi connectivity index (χ0) is 13.7. The van der Waals surface area contributed by atoms with E-state index >= 15 is 0 Å². The van der Waals surface area contributed by atoms with Crippen LogP contribution in [0.4, 0.5) is 0 Å². The lowest BCUT2D eigenvalue weighted by Gasteiger charge is -2.54. The lowest BCUT2D eigenvalue weighted by atomic mass is 9.51. The highest BCUT2D eigenvalue weighted by Gasteiger charge is 2.50. The van der Waals surface area contributed by atoms with E-state index in [1.54, 1.807) is 0 Å². The van der Waals surface area contributed by atoms with Crippen molar-refractivity contribution < 1.29 is 0 Å². The van der Waals surface area contributed by atoms with E-state index in [-0.39, 0.29) is 0 Å². The molecule has 0 spiro atoms. The average molecular weight is 272 g/mol. The van der Waals surface area contributed by atoms with Gasteiger partial charge in [-0.15, -0.1) is 11.7 Å². The summed E-state index contributed by atoms with van der Waals surface area (Å²) in [6.07, 6.45) is 9.08. The molecule has 5 rings (SSSR count). The van der Waals surface area contributed by atoms with E-state index in [4.69, 9.17) is 5.73 Å². The number of hydrogen-bond acceptors (Lipinski definition) is 3. The summed E-state index contributed by atoms with van der Waals surface area (Å²) in [5.74, 6) is 4.34. The van der Waals surface area contributed by atoms with E-state index in [2.05, 4.69) is 21.6 Å². The van der Waals surface area contributed by atoms with E-state index in [1.807, 2.05) is 6.08 Å². The molecule has 1 aromatic heterocycles. The third-order valence-corrected chi connectivity index (χ3v) is 5.89. The predicted molar refractivity (Wildman–Crippen MR) is 77.9 cm³/mol. The molecule has 20 heavy (non-hydrogen) atoms. The van der Waals surface area contributed by atoms with Crippen LogP contribution >= 0.6 is 0 Å². The fraction of sp³-hybridized carbons (Fsp3) is 0.750. The minimum Gasteiger partial charge on any atom is -0.325 e. The minimum atomic E-state index is 0.509. The number of aromatic nitrogens is 3. The van der Waals surface area contributed by atoms with E-state index in [0.29, 0.717) is 12.5 Å². The van der Waals surface area contributed by atoms with E-state index < -0.39 is 0 Å². The van der Waals surface area contributed by atoms with Gasteiger partial charge in [0.2, 0.25) is 0 Å². The molecule has 0 atom stereocenters. The van der Waals surface area contributed by atoms with Crippen LogP contribution < -0.4 is 5.73 Å². The lowest BCUT2D eigenvalue weighted by Crippen LogP contribution is -2.44. The fourth-order valence-electron chi connectivity index (χ4n) is 5.50. The zero-order valence-corrected chi connectivity index (χ0v) is 12.0. The van der Waals surface area contributed by atoms with Gasteiger partial charge in [0, 0.05) is 12.5 Å². The monoisotopic (exact) mass is 272 g/mol. The molecule has 0 saturated heterocycles. The van der Waals surface area contributed by atoms with Gasteiger partial charge >= 0.3 is 0 Å². The Balaban J connectivity index is 1.73. The van der Waals surface area contributed by atoms with E-state index in [1.165, 1.54) is 37.8 Å². The van der Waals surface area contributed by atoms with Crippen molar-refractivity contribution in [1.82, 2.24) is 15.0 Å².